The SMILES string of the molecule is Cc1ccccc1-n1c(SC(C)C(=O)NC(=O)NCC(C)C)nnc1-c1ccncc1. The minimum Gasteiger partial charge on any atom is -0.338 e. The molecular formula is C22H26N6O2S. The fraction of sp³-hybridized carbons (Fsp3) is 0.318. The van der Waals surface area contributed by atoms with Gasteiger partial charge in [0.05, 0.1) is 10.9 Å². The van der Waals surface area contributed by atoms with Crippen molar-refractivity contribution in [3.63, 3.8) is 0 Å². The van der Waals surface area contributed by atoms with Gasteiger partial charge in [-0.2, -0.15) is 0 Å². The van der Waals surface area contributed by atoms with Crippen molar-refractivity contribution in [1.82, 2.24) is 30.4 Å². The molecule has 3 amide bonds. The number of hydrogen-bond acceptors (Lipinski definition) is 6. The van der Waals surface area contributed by atoms with Gasteiger partial charge >= 0.3 is 6.03 Å². The molecule has 162 valence electrons. The van der Waals surface area contributed by atoms with Crippen LogP contribution in [0.2, 0.25) is 0 Å². The van der Waals surface area contributed by atoms with Gasteiger partial charge in [-0.25, -0.2) is 4.79 Å². The molecule has 1 aromatic carbocycles. The van der Waals surface area contributed by atoms with Gasteiger partial charge in [0.2, 0.25) is 5.91 Å². The van der Waals surface area contributed by atoms with Gasteiger partial charge in [0, 0.05) is 24.5 Å². The molecule has 0 saturated carbocycles. The Hall–Kier alpha value is -3.20. The molecule has 0 aliphatic heterocycles. The zero-order chi connectivity index (χ0) is 22.4. The number of pyridine rings is 1. The van der Waals surface area contributed by atoms with Gasteiger partial charge in [0.1, 0.15) is 0 Å². The van der Waals surface area contributed by atoms with Gasteiger partial charge in [-0.15, -0.1) is 10.2 Å². The van der Waals surface area contributed by atoms with Gasteiger partial charge in [-0.05, 0) is 43.5 Å². The Labute approximate surface area is 185 Å². The number of hydrogen-bond donors (Lipinski definition) is 2. The summed E-state index contributed by atoms with van der Waals surface area (Å²) in [5.74, 6) is 0.560. The van der Waals surface area contributed by atoms with Crippen LogP contribution in [0, 0.1) is 12.8 Å². The van der Waals surface area contributed by atoms with E-state index in [1.165, 1.54) is 11.8 Å². The third kappa shape index (κ3) is 5.69. The maximum Gasteiger partial charge on any atom is 0.321 e. The summed E-state index contributed by atoms with van der Waals surface area (Å²) in [7, 11) is 0. The highest BCUT2D eigenvalue weighted by molar-refractivity contribution is 8.00. The molecular weight excluding hydrogens is 412 g/mol. The lowest BCUT2D eigenvalue weighted by molar-refractivity contribution is -0.119. The third-order valence-electron chi connectivity index (χ3n) is 4.49. The predicted octanol–water partition coefficient (Wildman–Crippen LogP) is 3.60. The number of para-hydroxylation sites is 1. The van der Waals surface area contributed by atoms with E-state index in [1.807, 2.05) is 61.7 Å². The number of aromatic nitrogens is 4. The lowest BCUT2D eigenvalue weighted by Crippen LogP contribution is -2.43. The number of nitrogens with one attached hydrogen (secondary N) is 2. The molecule has 1 atom stereocenters. The summed E-state index contributed by atoms with van der Waals surface area (Å²) in [6.07, 6.45) is 3.40. The first-order chi connectivity index (χ1) is 14.9. The summed E-state index contributed by atoms with van der Waals surface area (Å²) in [6.45, 7) is 8.21. The zero-order valence-corrected chi connectivity index (χ0v) is 18.8. The van der Waals surface area contributed by atoms with Crippen molar-refractivity contribution < 1.29 is 9.59 Å². The lowest BCUT2D eigenvalue weighted by Gasteiger charge is -2.15. The number of rotatable bonds is 7. The summed E-state index contributed by atoms with van der Waals surface area (Å²) in [5.41, 5.74) is 2.83. The van der Waals surface area contributed by atoms with Crippen LogP contribution in [0.3, 0.4) is 0 Å². The standard InChI is InChI=1S/C22H26N6O2S/c1-14(2)13-24-21(30)25-20(29)16(4)31-22-27-26-19(17-9-11-23-12-10-17)28(22)18-8-6-5-7-15(18)3/h5-12,14,16H,13H2,1-4H3,(H2,24,25,29,30). The topological polar surface area (TPSA) is 102 Å². The highest BCUT2D eigenvalue weighted by Gasteiger charge is 2.23. The molecule has 3 aromatic rings. The first kappa shape index (κ1) is 22.5. The first-order valence-electron chi connectivity index (χ1n) is 10.0. The molecule has 2 aromatic heterocycles. The highest BCUT2D eigenvalue weighted by Crippen LogP contribution is 2.31. The smallest absolute Gasteiger partial charge is 0.321 e. The van der Waals surface area contributed by atoms with E-state index in [-0.39, 0.29) is 0 Å². The monoisotopic (exact) mass is 438 g/mol. The molecule has 0 aliphatic rings. The van der Waals surface area contributed by atoms with Crippen molar-refractivity contribution in [3.8, 4) is 17.1 Å². The second kappa shape index (κ2) is 10.2. The second-order valence-corrected chi connectivity index (χ2v) is 8.83. The van der Waals surface area contributed by atoms with Crippen LogP contribution in [0.4, 0.5) is 4.79 Å². The number of carbonyl (C=O) groups excluding carboxylic acids is 2. The molecule has 8 nitrogen and oxygen atoms in total. The average Bonchev–Trinajstić information content (AvgIpc) is 3.16. The second-order valence-electron chi connectivity index (χ2n) is 7.52. The molecule has 2 N–H and O–H groups in total. The Bertz CT molecular complexity index is 1050. The number of carbonyl (C=O) groups is 2. The summed E-state index contributed by atoms with van der Waals surface area (Å²) in [5, 5.41) is 13.8. The number of urea groups is 1. The van der Waals surface area contributed by atoms with Gasteiger partial charge < -0.3 is 5.32 Å². The maximum absolute atomic E-state index is 12.5. The molecule has 0 spiro atoms. The normalized spacial score (nSPS) is 11.9. The number of imide groups is 1. The van der Waals surface area contributed by atoms with Crippen LogP contribution < -0.4 is 10.6 Å². The lowest BCUT2D eigenvalue weighted by atomic mass is 10.2. The first-order valence-corrected chi connectivity index (χ1v) is 10.9. The van der Waals surface area contributed by atoms with Crippen LogP contribution in [0.5, 0.6) is 0 Å². The Balaban J connectivity index is 1.86. The Morgan fingerprint density at radius 1 is 1.06 bits per heavy atom. The van der Waals surface area contributed by atoms with Crippen molar-refractivity contribution in [1.29, 1.82) is 0 Å². The molecule has 0 aliphatic carbocycles. The summed E-state index contributed by atoms with van der Waals surface area (Å²) >= 11 is 1.25. The van der Waals surface area contributed by atoms with Crippen LogP contribution in [-0.2, 0) is 4.79 Å². The van der Waals surface area contributed by atoms with Crippen molar-refractivity contribution in [2.45, 2.75) is 38.1 Å². The molecule has 9 heteroatoms. The molecule has 31 heavy (non-hydrogen) atoms. The maximum atomic E-state index is 12.5. The third-order valence-corrected chi connectivity index (χ3v) is 5.53. The van der Waals surface area contributed by atoms with Crippen LogP contribution in [-0.4, -0.2) is 43.5 Å². The molecule has 0 bridgehead atoms. The Morgan fingerprint density at radius 3 is 2.45 bits per heavy atom. The fourth-order valence-corrected chi connectivity index (χ4v) is 3.69. The minimum atomic E-state index is -0.554. The Kier molecular flexibility index (Phi) is 7.41. The largest absolute Gasteiger partial charge is 0.338 e. The van der Waals surface area contributed by atoms with Crippen molar-refractivity contribution in [3.05, 3.63) is 54.4 Å². The zero-order valence-electron chi connectivity index (χ0n) is 18.0. The number of benzene rings is 1. The van der Waals surface area contributed by atoms with E-state index in [0.717, 1.165) is 16.8 Å². The highest BCUT2D eigenvalue weighted by atomic mass is 32.2. The molecule has 3 rings (SSSR count). The van der Waals surface area contributed by atoms with Crippen LogP contribution in [0.15, 0.2) is 53.9 Å². The quantitative estimate of drug-likeness (QED) is 0.547. The summed E-state index contributed by atoms with van der Waals surface area (Å²) in [4.78, 5) is 28.6. The molecule has 0 radical (unpaired) electrons. The average molecular weight is 439 g/mol. The van der Waals surface area contributed by atoms with E-state index in [9.17, 15) is 9.59 Å². The predicted molar refractivity (Wildman–Crippen MR) is 121 cm³/mol. The van der Waals surface area contributed by atoms with E-state index in [0.29, 0.717) is 23.4 Å². The number of nitrogens with zero attached hydrogens (tertiary/aromatic N) is 4. The van der Waals surface area contributed by atoms with E-state index in [2.05, 4.69) is 25.8 Å². The van der Waals surface area contributed by atoms with E-state index >= 15 is 0 Å². The van der Waals surface area contributed by atoms with Crippen molar-refractivity contribution >= 4 is 23.7 Å². The van der Waals surface area contributed by atoms with Gasteiger partial charge in [-0.3, -0.25) is 19.7 Å². The minimum absolute atomic E-state index is 0.298. The molecule has 0 fully saturated rings. The summed E-state index contributed by atoms with van der Waals surface area (Å²) in [6, 6.07) is 11.1. The Morgan fingerprint density at radius 2 is 1.77 bits per heavy atom. The van der Waals surface area contributed by atoms with Crippen LogP contribution >= 0.6 is 11.8 Å². The molecule has 0 saturated heterocycles. The van der Waals surface area contributed by atoms with Gasteiger partial charge in [-0.1, -0.05) is 43.8 Å². The van der Waals surface area contributed by atoms with Crippen LogP contribution in [0.25, 0.3) is 17.1 Å². The van der Waals surface area contributed by atoms with E-state index < -0.39 is 17.2 Å². The molecule has 1 unspecified atom stereocenters. The van der Waals surface area contributed by atoms with Gasteiger partial charge in [0.25, 0.3) is 0 Å². The van der Waals surface area contributed by atoms with Crippen molar-refractivity contribution in [2.75, 3.05) is 6.54 Å². The molecule has 2 heterocycles. The van der Waals surface area contributed by atoms with E-state index in [1.54, 1.807) is 19.3 Å². The van der Waals surface area contributed by atoms with E-state index in [4.69, 9.17) is 0 Å². The fourth-order valence-electron chi connectivity index (χ4n) is 2.83. The van der Waals surface area contributed by atoms with Crippen LogP contribution in [0.1, 0.15) is 26.3 Å². The van der Waals surface area contributed by atoms with Crippen molar-refractivity contribution in [2.24, 2.45) is 5.92 Å². The summed E-state index contributed by atoms with van der Waals surface area (Å²) < 4.78 is 1.93. The number of aryl methyl sites for hydroxylation is 1. The number of thioether (sulfide) groups is 1. The van der Waals surface area contributed by atoms with Gasteiger partial charge in [0.15, 0.2) is 11.0 Å². The number of amides is 3.